The van der Waals surface area contributed by atoms with Crippen molar-refractivity contribution in [3.8, 4) is 0 Å². The van der Waals surface area contributed by atoms with E-state index in [4.69, 9.17) is 0 Å². The number of hydrogen-bond donors (Lipinski definition) is 3. The zero-order valence-corrected chi connectivity index (χ0v) is 11.7. The maximum Gasteiger partial charge on any atom is 0.225 e. The summed E-state index contributed by atoms with van der Waals surface area (Å²) < 4.78 is 0. The SMILES string of the molecule is C[NH+](C)CCNc1ccc(NC(=O)CCC(=O)[O-])nc1. The Labute approximate surface area is 118 Å². The third-order valence-corrected chi connectivity index (χ3v) is 2.54. The zero-order chi connectivity index (χ0) is 15.0. The second kappa shape index (κ2) is 8.11. The topological polar surface area (TPSA) is 98.6 Å². The fraction of sp³-hybridized carbons (Fsp3) is 0.462. The molecule has 1 aromatic heterocycles. The molecule has 0 fully saturated rings. The number of likely N-dealkylation sites (N-methyl/N-ethyl adjacent to an activating group) is 1. The average molecular weight is 280 g/mol. The summed E-state index contributed by atoms with van der Waals surface area (Å²) in [6.45, 7) is 1.82. The van der Waals surface area contributed by atoms with Crippen LogP contribution >= 0.6 is 0 Å². The number of carboxylic acids is 1. The molecule has 1 rings (SSSR count). The summed E-state index contributed by atoms with van der Waals surface area (Å²) in [5.74, 6) is -1.23. The fourth-order valence-corrected chi connectivity index (χ4v) is 1.45. The molecule has 0 aliphatic carbocycles. The summed E-state index contributed by atoms with van der Waals surface area (Å²) in [6, 6.07) is 3.48. The monoisotopic (exact) mass is 280 g/mol. The maximum atomic E-state index is 11.4. The number of carboxylic acid groups (broad SMARTS) is 1. The van der Waals surface area contributed by atoms with Crippen molar-refractivity contribution in [2.24, 2.45) is 0 Å². The van der Waals surface area contributed by atoms with Crippen molar-refractivity contribution in [1.82, 2.24) is 4.98 Å². The Kier molecular flexibility index (Phi) is 6.45. The molecule has 3 N–H and O–H groups in total. The Balaban J connectivity index is 2.38. The van der Waals surface area contributed by atoms with Gasteiger partial charge in [-0.3, -0.25) is 4.79 Å². The van der Waals surface area contributed by atoms with Crippen molar-refractivity contribution < 1.29 is 19.6 Å². The molecular formula is C13H20N4O3. The van der Waals surface area contributed by atoms with Crippen molar-refractivity contribution in [3.05, 3.63) is 18.3 Å². The molecule has 0 aliphatic rings. The molecule has 0 aromatic carbocycles. The number of quaternary nitrogens is 1. The molecule has 20 heavy (non-hydrogen) atoms. The molecule has 110 valence electrons. The summed E-state index contributed by atoms with van der Waals surface area (Å²) in [4.78, 5) is 27.0. The van der Waals surface area contributed by atoms with Gasteiger partial charge in [0.15, 0.2) is 0 Å². The lowest BCUT2D eigenvalue weighted by Crippen LogP contribution is -3.06. The van der Waals surface area contributed by atoms with E-state index in [0.717, 1.165) is 18.8 Å². The maximum absolute atomic E-state index is 11.4. The minimum atomic E-state index is -1.24. The average Bonchev–Trinajstić information content (AvgIpc) is 2.38. The molecule has 0 atom stereocenters. The lowest BCUT2D eigenvalue weighted by molar-refractivity contribution is -0.856. The van der Waals surface area contributed by atoms with Crippen LogP contribution in [0, 0.1) is 0 Å². The summed E-state index contributed by atoms with van der Waals surface area (Å²) in [5.41, 5.74) is 0.874. The van der Waals surface area contributed by atoms with Gasteiger partial charge in [-0.2, -0.15) is 0 Å². The highest BCUT2D eigenvalue weighted by atomic mass is 16.4. The van der Waals surface area contributed by atoms with E-state index < -0.39 is 11.9 Å². The molecule has 0 unspecified atom stereocenters. The van der Waals surface area contributed by atoms with Crippen molar-refractivity contribution >= 4 is 23.4 Å². The second-order valence-electron chi connectivity index (χ2n) is 4.74. The van der Waals surface area contributed by atoms with Gasteiger partial charge in [0.25, 0.3) is 0 Å². The van der Waals surface area contributed by atoms with Crippen LogP contribution in [-0.2, 0) is 9.59 Å². The smallest absolute Gasteiger partial charge is 0.225 e. The number of aliphatic carboxylic acids is 1. The van der Waals surface area contributed by atoms with Gasteiger partial charge in [-0.05, 0) is 18.6 Å². The van der Waals surface area contributed by atoms with Crippen LogP contribution in [0.1, 0.15) is 12.8 Å². The highest BCUT2D eigenvalue weighted by Crippen LogP contribution is 2.09. The molecule has 0 radical (unpaired) electrons. The number of amides is 1. The van der Waals surface area contributed by atoms with Crippen LogP contribution in [-0.4, -0.2) is 44.0 Å². The fourth-order valence-electron chi connectivity index (χ4n) is 1.45. The van der Waals surface area contributed by atoms with Crippen LogP contribution in [0.3, 0.4) is 0 Å². The standard InChI is InChI=1S/C13H20N4O3/c1-17(2)8-7-14-10-3-4-11(15-9-10)16-12(18)5-6-13(19)20/h3-4,9,14H,5-8H2,1-2H3,(H,19,20)(H,15,16,18). The van der Waals surface area contributed by atoms with Crippen molar-refractivity contribution in [2.75, 3.05) is 37.8 Å². The van der Waals surface area contributed by atoms with Crippen LogP contribution < -0.4 is 20.6 Å². The van der Waals surface area contributed by atoms with Crippen LogP contribution in [0.25, 0.3) is 0 Å². The number of carbonyl (C=O) groups excluding carboxylic acids is 2. The number of nitrogens with zero attached hydrogens (tertiary/aromatic N) is 1. The van der Waals surface area contributed by atoms with E-state index in [0.29, 0.717) is 5.82 Å². The number of nitrogens with one attached hydrogen (secondary N) is 3. The highest BCUT2D eigenvalue weighted by molar-refractivity contribution is 5.91. The van der Waals surface area contributed by atoms with Crippen molar-refractivity contribution in [1.29, 1.82) is 0 Å². The lowest BCUT2D eigenvalue weighted by atomic mass is 10.3. The van der Waals surface area contributed by atoms with Crippen LogP contribution in [0.4, 0.5) is 11.5 Å². The predicted octanol–water partition coefficient (Wildman–Crippen LogP) is -1.89. The van der Waals surface area contributed by atoms with Gasteiger partial charge in [0.2, 0.25) is 5.91 Å². The van der Waals surface area contributed by atoms with Gasteiger partial charge < -0.3 is 25.4 Å². The number of hydrogen-bond acceptors (Lipinski definition) is 5. The Morgan fingerprint density at radius 2 is 2.05 bits per heavy atom. The summed E-state index contributed by atoms with van der Waals surface area (Å²) in [7, 11) is 4.15. The molecule has 0 saturated heterocycles. The van der Waals surface area contributed by atoms with Gasteiger partial charge >= 0.3 is 0 Å². The summed E-state index contributed by atoms with van der Waals surface area (Å²) in [6.07, 6.45) is 1.22. The van der Waals surface area contributed by atoms with Gasteiger partial charge in [0, 0.05) is 12.4 Å². The van der Waals surface area contributed by atoms with Crippen LogP contribution in [0.5, 0.6) is 0 Å². The highest BCUT2D eigenvalue weighted by Gasteiger charge is 2.03. The zero-order valence-electron chi connectivity index (χ0n) is 11.7. The van der Waals surface area contributed by atoms with E-state index in [1.54, 1.807) is 12.3 Å². The minimum absolute atomic E-state index is 0.115. The number of pyridine rings is 1. The van der Waals surface area contributed by atoms with Crippen molar-refractivity contribution in [3.63, 3.8) is 0 Å². The third-order valence-electron chi connectivity index (χ3n) is 2.54. The largest absolute Gasteiger partial charge is 0.550 e. The number of aromatic nitrogens is 1. The van der Waals surface area contributed by atoms with E-state index in [1.807, 2.05) is 6.07 Å². The molecule has 7 heteroatoms. The molecule has 0 bridgehead atoms. The first kappa shape index (κ1) is 15.9. The summed E-state index contributed by atoms with van der Waals surface area (Å²) in [5, 5.41) is 16.0. The lowest BCUT2D eigenvalue weighted by Gasteiger charge is -2.10. The number of anilines is 2. The second-order valence-corrected chi connectivity index (χ2v) is 4.74. The molecule has 0 aliphatic heterocycles. The quantitative estimate of drug-likeness (QED) is 0.517. The molecule has 1 amide bonds. The third kappa shape index (κ3) is 6.69. The Bertz CT molecular complexity index is 445. The Hall–Kier alpha value is -2.15. The van der Waals surface area contributed by atoms with E-state index in [1.165, 1.54) is 4.90 Å². The van der Waals surface area contributed by atoms with E-state index >= 15 is 0 Å². The molecular weight excluding hydrogens is 260 g/mol. The molecule has 1 heterocycles. The first-order valence-electron chi connectivity index (χ1n) is 6.46. The van der Waals surface area contributed by atoms with Gasteiger partial charge in [-0.1, -0.05) is 0 Å². The molecule has 1 aromatic rings. The molecule has 0 saturated carbocycles. The molecule has 0 spiro atoms. The van der Waals surface area contributed by atoms with E-state index in [9.17, 15) is 14.7 Å². The number of rotatable bonds is 8. The Morgan fingerprint density at radius 1 is 1.30 bits per heavy atom. The van der Waals surface area contributed by atoms with E-state index in [-0.39, 0.29) is 12.8 Å². The predicted molar refractivity (Wildman–Crippen MR) is 73.3 cm³/mol. The van der Waals surface area contributed by atoms with Gasteiger partial charge in [-0.15, -0.1) is 0 Å². The van der Waals surface area contributed by atoms with Gasteiger partial charge in [0.05, 0.1) is 39.1 Å². The normalized spacial score (nSPS) is 10.3. The first-order valence-corrected chi connectivity index (χ1v) is 6.46. The minimum Gasteiger partial charge on any atom is -0.550 e. The van der Waals surface area contributed by atoms with Crippen molar-refractivity contribution in [2.45, 2.75) is 12.8 Å². The van der Waals surface area contributed by atoms with Gasteiger partial charge in [0.1, 0.15) is 5.82 Å². The first-order chi connectivity index (χ1) is 9.47. The molecule has 7 nitrogen and oxygen atoms in total. The van der Waals surface area contributed by atoms with Gasteiger partial charge in [-0.25, -0.2) is 4.98 Å². The number of carbonyl (C=O) groups is 2. The van der Waals surface area contributed by atoms with Crippen LogP contribution in [0.15, 0.2) is 18.3 Å². The van der Waals surface area contributed by atoms with E-state index in [2.05, 4.69) is 29.7 Å². The van der Waals surface area contributed by atoms with Crippen LogP contribution in [0.2, 0.25) is 0 Å². The Morgan fingerprint density at radius 3 is 2.60 bits per heavy atom. The summed E-state index contributed by atoms with van der Waals surface area (Å²) >= 11 is 0.